The normalized spacial score (nSPS) is 14.3. The van der Waals surface area contributed by atoms with E-state index in [1.165, 1.54) is 18.9 Å². The molecule has 0 fully saturated rings. The molecule has 132 valence electrons. The van der Waals surface area contributed by atoms with E-state index in [9.17, 15) is 4.79 Å². The van der Waals surface area contributed by atoms with Crippen LogP contribution in [0.1, 0.15) is 36.5 Å². The number of carbonyl (C=O) groups excluding carboxylic acids is 1. The number of aryl methyl sites for hydroxylation is 1. The molecule has 1 aromatic heterocycles. The fourth-order valence-electron chi connectivity index (χ4n) is 2.89. The van der Waals surface area contributed by atoms with Crippen molar-refractivity contribution in [3.8, 4) is 0 Å². The number of nitrogens with zero attached hydrogens (tertiary/aromatic N) is 3. The molecule has 1 aliphatic heterocycles. The first-order valence-corrected chi connectivity index (χ1v) is 9.21. The molecule has 0 radical (unpaired) electrons. The Morgan fingerprint density at radius 1 is 1.24 bits per heavy atom. The summed E-state index contributed by atoms with van der Waals surface area (Å²) < 4.78 is 2.20. The summed E-state index contributed by atoms with van der Waals surface area (Å²) in [6, 6.07) is 5.14. The largest absolute Gasteiger partial charge is 0.352 e. The van der Waals surface area contributed by atoms with E-state index in [0.29, 0.717) is 28.6 Å². The Morgan fingerprint density at radius 2 is 2.12 bits per heavy atom. The Hall–Kier alpha value is -1.85. The number of fused-ring (bicyclic) bond motifs is 1. The Morgan fingerprint density at radius 3 is 3.00 bits per heavy atom. The second-order valence-electron chi connectivity index (χ2n) is 6.03. The van der Waals surface area contributed by atoms with Gasteiger partial charge in [-0.2, -0.15) is 0 Å². The molecular weight excluding hydrogens is 359 g/mol. The van der Waals surface area contributed by atoms with Crippen LogP contribution >= 0.6 is 23.2 Å². The molecule has 0 atom stereocenters. The number of aromatic nitrogens is 3. The molecule has 0 saturated heterocycles. The molecule has 2 aromatic rings. The second kappa shape index (κ2) is 8.50. The lowest BCUT2D eigenvalue weighted by Gasteiger charge is -2.07. The number of benzene rings is 1. The first-order valence-electron chi connectivity index (χ1n) is 8.45. The molecule has 25 heavy (non-hydrogen) atoms. The standard InChI is InChI=1S/C18H20Cl2N4O/c19-14-6-7-15(20)13(12-14)5-8-18(25)21-10-9-17-23-22-16-4-2-1-3-11-24(16)17/h5-8,12H,1-4,9-11H2,(H,21,25). The lowest BCUT2D eigenvalue weighted by atomic mass is 10.2. The maximum atomic E-state index is 12.0. The van der Waals surface area contributed by atoms with E-state index in [0.717, 1.165) is 31.0 Å². The summed E-state index contributed by atoms with van der Waals surface area (Å²) in [4.78, 5) is 12.0. The number of carbonyl (C=O) groups is 1. The first-order chi connectivity index (χ1) is 12.1. The summed E-state index contributed by atoms with van der Waals surface area (Å²) in [5.41, 5.74) is 0.715. The van der Waals surface area contributed by atoms with E-state index in [2.05, 4.69) is 20.1 Å². The molecule has 3 rings (SSSR count). The van der Waals surface area contributed by atoms with Crippen LogP contribution in [0.25, 0.3) is 6.08 Å². The van der Waals surface area contributed by atoms with E-state index in [1.54, 1.807) is 24.3 Å². The molecule has 1 aromatic carbocycles. The van der Waals surface area contributed by atoms with E-state index in [1.807, 2.05) is 0 Å². The van der Waals surface area contributed by atoms with Gasteiger partial charge in [0.15, 0.2) is 0 Å². The maximum absolute atomic E-state index is 12.0. The van der Waals surface area contributed by atoms with Crippen molar-refractivity contribution in [2.24, 2.45) is 0 Å². The Kier molecular flexibility index (Phi) is 6.10. The third-order valence-corrected chi connectivity index (χ3v) is 4.79. The van der Waals surface area contributed by atoms with Crippen LogP contribution in [0.2, 0.25) is 10.0 Å². The van der Waals surface area contributed by atoms with E-state index in [4.69, 9.17) is 23.2 Å². The van der Waals surface area contributed by atoms with Crippen LogP contribution in [-0.2, 0) is 24.2 Å². The van der Waals surface area contributed by atoms with Crippen molar-refractivity contribution in [2.45, 2.75) is 38.6 Å². The number of rotatable bonds is 5. The van der Waals surface area contributed by atoms with Crippen molar-refractivity contribution < 1.29 is 4.79 Å². The zero-order valence-electron chi connectivity index (χ0n) is 13.8. The highest BCUT2D eigenvalue weighted by Gasteiger charge is 2.14. The fourth-order valence-corrected chi connectivity index (χ4v) is 3.26. The lowest BCUT2D eigenvalue weighted by molar-refractivity contribution is -0.116. The molecule has 1 aliphatic rings. The summed E-state index contributed by atoms with van der Waals surface area (Å²) in [6.07, 6.45) is 8.34. The van der Waals surface area contributed by atoms with Gasteiger partial charge in [-0.15, -0.1) is 10.2 Å². The highest BCUT2D eigenvalue weighted by molar-refractivity contribution is 6.34. The third-order valence-electron chi connectivity index (χ3n) is 4.21. The lowest BCUT2D eigenvalue weighted by Crippen LogP contribution is -2.24. The van der Waals surface area contributed by atoms with Crippen LogP contribution in [0, 0.1) is 0 Å². The topological polar surface area (TPSA) is 59.8 Å². The van der Waals surface area contributed by atoms with Gasteiger partial charge in [0.2, 0.25) is 5.91 Å². The van der Waals surface area contributed by atoms with Crippen molar-refractivity contribution in [2.75, 3.05) is 6.54 Å². The minimum atomic E-state index is -0.174. The van der Waals surface area contributed by atoms with E-state index >= 15 is 0 Å². The van der Waals surface area contributed by atoms with Gasteiger partial charge in [0, 0.05) is 42.1 Å². The second-order valence-corrected chi connectivity index (χ2v) is 6.88. The van der Waals surface area contributed by atoms with Crippen LogP contribution in [-0.4, -0.2) is 27.2 Å². The van der Waals surface area contributed by atoms with Crippen LogP contribution in [0.15, 0.2) is 24.3 Å². The SMILES string of the molecule is O=C(C=Cc1cc(Cl)ccc1Cl)NCCc1nnc2n1CCCCC2. The smallest absolute Gasteiger partial charge is 0.244 e. The molecule has 0 saturated carbocycles. The molecule has 5 nitrogen and oxygen atoms in total. The van der Waals surface area contributed by atoms with E-state index < -0.39 is 0 Å². The van der Waals surface area contributed by atoms with Crippen molar-refractivity contribution >= 4 is 35.2 Å². The molecule has 1 amide bonds. The van der Waals surface area contributed by atoms with Gasteiger partial charge >= 0.3 is 0 Å². The zero-order valence-corrected chi connectivity index (χ0v) is 15.4. The summed E-state index contributed by atoms with van der Waals surface area (Å²) in [5, 5.41) is 12.5. The highest BCUT2D eigenvalue weighted by atomic mass is 35.5. The number of nitrogens with one attached hydrogen (secondary N) is 1. The van der Waals surface area contributed by atoms with E-state index in [-0.39, 0.29) is 5.91 Å². The zero-order chi connectivity index (χ0) is 17.6. The Bertz CT molecular complexity index is 785. The van der Waals surface area contributed by atoms with Gasteiger partial charge in [0.25, 0.3) is 0 Å². The number of hydrogen-bond donors (Lipinski definition) is 1. The van der Waals surface area contributed by atoms with Gasteiger partial charge in [-0.05, 0) is 42.7 Å². The third kappa shape index (κ3) is 4.83. The van der Waals surface area contributed by atoms with Crippen molar-refractivity contribution in [1.29, 1.82) is 0 Å². The van der Waals surface area contributed by atoms with Crippen LogP contribution in [0.5, 0.6) is 0 Å². The molecule has 7 heteroatoms. The molecule has 0 aliphatic carbocycles. The van der Waals surface area contributed by atoms with Gasteiger partial charge < -0.3 is 9.88 Å². The minimum Gasteiger partial charge on any atom is -0.352 e. The Labute approximate surface area is 157 Å². The van der Waals surface area contributed by atoms with Gasteiger partial charge in [0.05, 0.1) is 0 Å². The average Bonchev–Trinajstić information content (AvgIpc) is 2.83. The van der Waals surface area contributed by atoms with Crippen molar-refractivity contribution in [3.05, 3.63) is 51.5 Å². The summed E-state index contributed by atoms with van der Waals surface area (Å²) in [5.74, 6) is 1.83. The molecule has 2 heterocycles. The van der Waals surface area contributed by atoms with Crippen molar-refractivity contribution in [3.63, 3.8) is 0 Å². The predicted octanol–water partition coefficient (Wildman–Crippen LogP) is 3.68. The van der Waals surface area contributed by atoms with Crippen LogP contribution in [0.3, 0.4) is 0 Å². The molecule has 0 spiro atoms. The molecule has 0 unspecified atom stereocenters. The van der Waals surface area contributed by atoms with Gasteiger partial charge in [0.1, 0.15) is 11.6 Å². The fraction of sp³-hybridized carbons (Fsp3) is 0.389. The molecule has 1 N–H and O–H groups in total. The number of halogens is 2. The quantitative estimate of drug-likeness (QED) is 0.807. The summed E-state index contributed by atoms with van der Waals surface area (Å²) in [6.45, 7) is 1.49. The van der Waals surface area contributed by atoms with Crippen molar-refractivity contribution in [1.82, 2.24) is 20.1 Å². The number of hydrogen-bond acceptors (Lipinski definition) is 3. The minimum absolute atomic E-state index is 0.174. The number of amides is 1. The van der Waals surface area contributed by atoms with Gasteiger partial charge in [-0.3, -0.25) is 4.79 Å². The monoisotopic (exact) mass is 378 g/mol. The first kappa shape index (κ1) is 18.0. The molecular formula is C18H20Cl2N4O. The van der Waals surface area contributed by atoms with Crippen LogP contribution < -0.4 is 5.32 Å². The summed E-state index contributed by atoms with van der Waals surface area (Å²) >= 11 is 12.0. The summed E-state index contributed by atoms with van der Waals surface area (Å²) in [7, 11) is 0. The highest BCUT2D eigenvalue weighted by Crippen LogP contribution is 2.21. The van der Waals surface area contributed by atoms with Gasteiger partial charge in [-0.1, -0.05) is 29.6 Å². The Balaban J connectivity index is 1.52. The molecule has 0 bridgehead atoms. The van der Waals surface area contributed by atoms with Gasteiger partial charge in [-0.25, -0.2) is 0 Å². The average molecular weight is 379 g/mol. The van der Waals surface area contributed by atoms with Crippen LogP contribution in [0.4, 0.5) is 0 Å². The maximum Gasteiger partial charge on any atom is 0.244 e. The predicted molar refractivity (Wildman–Crippen MR) is 99.8 cm³/mol.